The molecule has 1 aliphatic carbocycles. The number of hydrogen-bond donors (Lipinski definition) is 1. The molecule has 1 fully saturated rings. The van der Waals surface area contributed by atoms with Crippen LogP contribution in [-0.2, 0) is 28.6 Å². The largest absolute Gasteiger partial charge is 0.466 e. The normalized spacial score (nSPS) is 21.3. The molecule has 7 nitrogen and oxygen atoms in total. The highest BCUT2D eigenvalue weighted by atomic mass is 19.3. The Bertz CT molecular complexity index is 1060. The first-order valence-corrected chi connectivity index (χ1v) is 10.3. The van der Waals surface area contributed by atoms with E-state index in [0.29, 0.717) is 0 Å². The maximum atomic E-state index is 14.9. The molecule has 1 N–H and O–H groups in total. The minimum atomic E-state index is -3.11. The molecule has 1 saturated carbocycles. The maximum absolute atomic E-state index is 14.9. The molecule has 178 valence electrons. The standard InChI is InChI=1S/C23H24F3NO6/c1-5-32-22(30)20-16(10-33-12(3)28)27-11(2)17(21(29)31-4)19(20)13-7-6-8-15(24)18(13)14-9-23(14,25)26/h6-8,14,19,27H,5,9-10H2,1-4H3. The zero-order valence-corrected chi connectivity index (χ0v) is 18.6. The van der Waals surface area contributed by atoms with Gasteiger partial charge in [-0.2, -0.15) is 0 Å². The van der Waals surface area contributed by atoms with Gasteiger partial charge in [0.2, 0.25) is 0 Å². The molecule has 10 heteroatoms. The van der Waals surface area contributed by atoms with Crippen molar-refractivity contribution in [3.8, 4) is 0 Å². The molecule has 2 atom stereocenters. The van der Waals surface area contributed by atoms with E-state index in [4.69, 9.17) is 14.2 Å². The van der Waals surface area contributed by atoms with E-state index in [1.54, 1.807) is 6.92 Å². The Kier molecular flexibility index (Phi) is 6.85. The van der Waals surface area contributed by atoms with E-state index in [-0.39, 0.29) is 46.9 Å². The number of ether oxygens (including phenoxy) is 3. The highest BCUT2D eigenvalue weighted by Gasteiger charge is 2.60. The average molecular weight is 467 g/mol. The van der Waals surface area contributed by atoms with E-state index >= 15 is 0 Å². The second kappa shape index (κ2) is 9.29. The van der Waals surface area contributed by atoms with Gasteiger partial charge < -0.3 is 19.5 Å². The lowest BCUT2D eigenvalue weighted by Gasteiger charge is -2.32. The van der Waals surface area contributed by atoms with E-state index in [1.807, 2.05) is 0 Å². The van der Waals surface area contributed by atoms with Crippen molar-refractivity contribution in [2.45, 2.75) is 45.0 Å². The predicted octanol–water partition coefficient (Wildman–Crippen LogP) is 3.46. The third kappa shape index (κ3) is 4.74. The minimum Gasteiger partial charge on any atom is -0.466 e. The van der Waals surface area contributed by atoms with Crippen molar-refractivity contribution in [1.82, 2.24) is 5.32 Å². The van der Waals surface area contributed by atoms with Gasteiger partial charge in [0.1, 0.15) is 12.4 Å². The summed E-state index contributed by atoms with van der Waals surface area (Å²) in [5.74, 6) is -9.01. The van der Waals surface area contributed by atoms with Crippen LogP contribution in [0.3, 0.4) is 0 Å². The van der Waals surface area contributed by atoms with Crippen LogP contribution in [0.5, 0.6) is 0 Å². The quantitative estimate of drug-likeness (QED) is 0.485. The maximum Gasteiger partial charge on any atom is 0.336 e. The van der Waals surface area contributed by atoms with Crippen LogP contribution in [-0.4, -0.2) is 44.2 Å². The van der Waals surface area contributed by atoms with Crippen molar-refractivity contribution < 1.29 is 41.8 Å². The number of hydrogen-bond acceptors (Lipinski definition) is 7. The monoisotopic (exact) mass is 467 g/mol. The zero-order chi connectivity index (χ0) is 24.5. The summed E-state index contributed by atoms with van der Waals surface area (Å²) in [6.45, 7) is 3.85. The van der Waals surface area contributed by atoms with Crippen LogP contribution >= 0.6 is 0 Å². The van der Waals surface area contributed by atoms with Crippen LogP contribution in [0.2, 0.25) is 0 Å². The van der Waals surface area contributed by atoms with Gasteiger partial charge in [0.05, 0.1) is 42.4 Å². The summed E-state index contributed by atoms with van der Waals surface area (Å²) >= 11 is 0. The summed E-state index contributed by atoms with van der Waals surface area (Å²) in [7, 11) is 1.13. The fourth-order valence-corrected chi connectivity index (χ4v) is 4.03. The number of carbonyl (C=O) groups is 3. The summed E-state index contributed by atoms with van der Waals surface area (Å²) in [6, 6.07) is 3.76. The van der Waals surface area contributed by atoms with Gasteiger partial charge in [-0.1, -0.05) is 12.1 Å². The SMILES string of the molecule is CCOC(=O)C1=C(COC(C)=O)NC(C)=C(C(=O)OC)C1c1cccc(F)c1C1CC1(F)F. The van der Waals surface area contributed by atoms with Crippen LogP contribution < -0.4 is 5.32 Å². The molecule has 0 amide bonds. The molecule has 33 heavy (non-hydrogen) atoms. The van der Waals surface area contributed by atoms with E-state index < -0.39 is 47.9 Å². The molecule has 0 saturated heterocycles. The van der Waals surface area contributed by atoms with E-state index in [2.05, 4.69) is 5.32 Å². The minimum absolute atomic E-state index is 0.0156. The molecule has 0 bridgehead atoms. The Hall–Kier alpha value is -3.30. The van der Waals surface area contributed by atoms with Crippen molar-refractivity contribution in [2.24, 2.45) is 0 Å². The first-order chi connectivity index (χ1) is 15.5. The number of allylic oxidation sites excluding steroid dienone is 1. The molecular formula is C23H24F3NO6. The number of esters is 3. The number of carbonyl (C=O) groups excluding carboxylic acids is 3. The summed E-state index contributed by atoms with van der Waals surface area (Å²) in [5, 5.41) is 2.86. The summed E-state index contributed by atoms with van der Waals surface area (Å²) in [6.07, 6.45) is -0.555. The van der Waals surface area contributed by atoms with Gasteiger partial charge in [0, 0.05) is 24.6 Å². The van der Waals surface area contributed by atoms with Crippen LogP contribution in [0.25, 0.3) is 0 Å². The lowest BCUT2D eigenvalue weighted by molar-refractivity contribution is -0.142. The number of alkyl halides is 2. The van der Waals surface area contributed by atoms with Crippen LogP contribution in [0, 0.1) is 5.82 Å². The van der Waals surface area contributed by atoms with Gasteiger partial charge in [-0.3, -0.25) is 4.79 Å². The molecule has 2 unspecified atom stereocenters. The molecule has 0 radical (unpaired) electrons. The second-order valence-corrected chi connectivity index (χ2v) is 7.74. The molecule has 0 aromatic heterocycles. The van der Waals surface area contributed by atoms with E-state index in [0.717, 1.165) is 13.2 Å². The Labute approximate surface area is 188 Å². The first kappa shape index (κ1) is 24.3. The second-order valence-electron chi connectivity index (χ2n) is 7.74. The zero-order valence-electron chi connectivity index (χ0n) is 18.6. The van der Waals surface area contributed by atoms with Gasteiger partial charge in [-0.05, 0) is 25.5 Å². The first-order valence-electron chi connectivity index (χ1n) is 10.3. The van der Waals surface area contributed by atoms with Crippen molar-refractivity contribution in [2.75, 3.05) is 20.3 Å². The van der Waals surface area contributed by atoms with Crippen LogP contribution in [0.4, 0.5) is 13.2 Å². The molecular weight excluding hydrogens is 443 g/mol. The number of halogens is 3. The molecule has 0 spiro atoms. The van der Waals surface area contributed by atoms with E-state index in [9.17, 15) is 27.6 Å². The van der Waals surface area contributed by atoms with Crippen LogP contribution in [0.15, 0.2) is 40.7 Å². The van der Waals surface area contributed by atoms with Gasteiger partial charge >= 0.3 is 17.9 Å². The lowest BCUT2D eigenvalue weighted by Crippen LogP contribution is -2.35. The number of benzene rings is 1. The number of dihydropyridines is 1. The molecule has 1 heterocycles. The van der Waals surface area contributed by atoms with Crippen LogP contribution in [0.1, 0.15) is 50.2 Å². The Morgan fingerprint density at radius 2 is 1.82 bits per heavy atom. The molecule has 2 aliphatic rings. The van der Waals surface area contributed by atoms with Gasteiger partial charge in [-0.25, -0.2) is 22.8 Å². The summed E-state index contributed by atoms with van der Waals surface area (Å²) in [4.78, 5) is 37.2. The number of rotatable bonds is 7. The highest BCUT2D eigenvalue weighted by molar-refractivity contribution is 6.00. The summed E-state index contributed by atoms with van der Waals surface area (Å²) in [5.41, 5.74) is -0.154. The third-order valence-electron chi connectivity index (χ3n) is 5.54. The average Bonchev–Trinajstić information content (AvgIpc) is 3.38. The Morgan fingerprint density at radius 1 is 1.15 bits per heavy atom. The fourth-order valence-electron chi connectivity index (χ4n) is 4.03. The molecule has 1 aromatic carbocycles. The van der Waals surface area contributed by atoms with Crippen molar-refractivity contribution in [3.05, 3.63) is 57.7 Å². The topological polar surface area (TPSA) is 90.9 Å². The van der Waals surface area contributed by atoms with E-state index in [1.165, 1.54) is 26.0 Å². The third-order valence-corrected chi connectivity index (χ3v) is 5.54. The molecule has 3 rings (SSSR count). The van der Waals surface area contributed by atoms with Crippen molar-refractivity contribution >= 4 is 17.9 Å². The van der Waals surface area contributed by atoms with Gasteiger partial charge in [-0.15, -0.1) is 0 Å². The predicted molar refractivity (Wildman–Crippen MR) is 110 cm³/mol. The fraction of sp³-hybridized carbons (Fsp3) is 0.435. The number of nitrogens with one attached hydrogen (secondary N) is 1. The molecule has 1 aliphatic heterocycles. The van der Waals surface area contributed by atoms with Crippen molar-refractivity contribution in [1.29, 1.82) is 0 Å². The Morgan fingerprint density at radius 3 is 2.36 bits per heavy atom. The smallest absolute Gasteiger partial charge is 0.336 e. The number of methoxy groups -OCH3 is 1. The molecule has 1 aromatic rings. The lowest BCUT2D eigenvalue weighted by atomic mass is 9.77. The summed E-state index contributed by atoms with van der Waals surface area (Å²) < 4.78 is 58.0. The highest BCUT2D eigenvalue weighted by Crippen LogP contribution is 2.58. The Balaban J connectivity index is 2.29. The van der Waals surface area contributed by atoms with Crippen molar-refractivity contribution in [3.63, 3.8) is 0 Å². The van der Waals surface area contributed by atoms with Gasteiger partial charge in [0.25, 0.3) is 5.92 Å². The van der Waals surface area contributed by atoms with Gasteiger partial charge in [0.15, 0.2) is 0 Å².